The summed E-state index contributed by atoms with van der Waals surface area (Å²) in [4.78, 5) is 32.9. The second-order valence-corrected chi connectivity index (χ2v) is 19.1. The molecular formula is C45H52N6O6S2. The fourth-order valence-electron chi connectivity index (χ4n) is 8.75. The number of pyridine rings is 1. The van der Waals surface area contributed by atoms with Gasteiger partial charge in [-0.1, -0.05) is 38.1 Å². The van der Waals surface area contributed by atoms with E-state index < -0.39 is 17.7 Å². The third kappa shape index (κ3) is 8.29. The number of nitrogens with one attached hydrogen (secondary N) is 2. The lowest BCUT2D eigenvalue weighted by atomic mass is 9.91. The van der Waals surface area contributed by atoms with Crippen LogP contribution in [-0.4, -0.2) is 78.4 Å². The number of fused-ring (bicyclic) bond motifs is 4. The van der Waals surface area contributed by atoms with Crippen LogP contribution in [0.5, 0.6) is 5.75 Å². The molecule has 4 heterocycles. The number of benzene rings is 1. The van der Waals surface area contributed by atoms with Crippen molar-refractivity contribution in [2.75, 3.05) is 20.1 Å². The molecular weight excluding hydrogens is 785 g/mol. The van der Waals surface area contributed by atoms with Crippen LogP contribution in [0.3, 0.4) is 0 Å². The van der Waals surface area contributed by atoms with E-state index in [0.717, 1.165) is 85.9 Å². The number of H-pyrrole nitrogens is 1. The van der Waals surface area contributed by atoms with Crippen molar-refractivity contribution in [3.8, 4) is 5.75 Å². The molecule has 2 aromatic carbocycles. The van der Waals surface area contributed by atoms with E-state index in [9.17, 15) is 24.9 Å². The molecule has 4 aromatic heterocycles. The van der Waals surface area contributed by atoms with Crippen LogP contribution in [0.25, 0.3) is 21.9 Å². The number of rotatable bonds is 14. The Morgan fingerprint density at radius 2 is 1.86 bits per heavy atom. The predicted octanol–water partition coefficient (Wildman–Crippen LogP) is 6.42. The largest absolute Gasteiger partial charge is 0.499 e. The van der Waals surface area contributed by atoms with Crippen molar-refractivity contribution in [2.24, 2.45) is 0 Å². The van der Waals surface area contributed by atoms with Crippen molar-refractivity contribution in [2.45, 2.75) is 114 Å². The SMILES string of the molecule is CN(CCCn1nnc2cc(CNC[C@H](O)c3c#cc(O)c4[nH]c(=O)ccc34)c3c(c21)CCC3)C1CCC(OC(=O)[C@](O)(c2cccs2)c2ccc(C(C)(C)C)s2)CC1. The number of ether oxygens (including phenoxy) is 1. The van der Waals surface area contributed by atoms with Gasteiger partial charge in [-0.3, -0.25) is 4.79 Å². The Labute approximate surface area is 351 Å². The topological polar surface area (TPSA) is 166 Å². The molecule has 2 aliphatic carbocycles. The first-order chi connectivity index (χ1) is 28.3. The molecule has 0 bridgehead atoms. The fourth-order valence-corrected chi connectivity index (χ4v) is 10.8. The molecule has 14 heteroatoms. The minimum Gasteiger partial charge on any atom is -0.499 e. The Hall–Kier alpha value is -4.62. The fraction of sp³-hybridized carbons (Fsp3) is 0.467. The number of hydrogen-bond donors (Lipinski definition) is 5. The summed E-state index contributed by atoms with van der Waals surface area (Å²) in [6.07, 6.45) is 6.10. The van der Waals surface area contributed by atoms with Gasteiger partial charge in [-0.2, -0.15) is 0 Å². The van der Waals surface area contributed by atoms with Crippen LogP contribution < -0.4 is 10.9 Å². The van der Waals surface area contributed by atoms with E-state index in [1.54, 1.807) is 6.07 Å². The van der Waals surface area contributed by atoms with Crippen molar-refractivity contribution in [3.05, 3.63) is 107 Å². The molecule has 0 radical (unpaired) electrons. The highest BCUT2D eigenvalue weighted by molar-refractivity contribution is 7.13. The minimum absolute atomic E-state index is 0.0915. The zero-order chi connectivity index (χ0) is 41.5. The van der Waals surface area contributed by atoms with Crippen LogP contribution in [0.1, 0.15) is 102 Å². The van der Waals surface area contributed by atoms with Gasteiger partial charge in [-0.25, -0.2) is 9.48 Å². The first-order valence-electron chi connectivity index (χ1n) is 20.5. The highest BCUT2D eigenvalue weighted by atomic mass is 32.1. The standard InChI is InChI=1S/C45H52N6O6S2/c1-44(2,3)37-18-19-39(59-37)45(56,38-10-6-23-58-38)43(55)57-29-13-11-28(12-14-29)50(4)21-7-22-51-42-33-9-5-8-30(33)27(24-34(42)48-49-51)25-46-26-36(53)31-15-17-35(52)41-32(31)16-20-40(54)47-41/h6,10,16,18-20,23-24,28-29,36,46,52-53,56H,5,7-9,11-14,21-22,25-26H2,1-4H3,(H,47,54)/t28?,29?,36-,45-/m0/s1. The van der Waals surface area contributed by atoms with Gasteiger partial charge >= 0.3 is 5.97 Å². The monoisotopic (exact) mass is 836 g/mol. The molecule has 5 N–H and O–H groups in total. The lowest BCUT2D eigenvalue weighted by Gasteiger charge is -2.35. The number of hydrogen-bond acceptors (Lipinski definition) is 12. The van der Waals surface area contributed by atoms with E-state index >= 15 is 0 Å². The van der Waals surface area contributed by atoms with Gasteiger partial charge in [0.15, 0.2) is 5.75 Å². The zero-order valence-electron chi connectivity index (χ0n) is 34.0. The van der Waals surface area contributed by atoms with Crippen LogP contribution in [-0.2, 0) is 46.5 Å². The third-order valence-corrected chi connectivity index (χ3v) is 14.6. The number of aliphatic hydroxyl groups excluding tert-OH is 1. The number of esters is 1. The van der Waals surface area contributed by atoms with Gasteiger partial charge in [0.05, 0.1) is 21.4 Å². The van der Waals surface area contributed by atoms with Crippen molar-refractivity contribution >= 4 is 50.6 Å². The maximum Gasteiger partial charge on any atom is 0.349 e. The molecule has 8 rings (SSSR count). The molecule has 12 nitrogen and oxygen atoms in total. The molecule has 310 valence electrons. The Balaban J connectivity index is 0.843. The molecule has 1 saturated carbocycles. The van der Waals surface area contributed by atoms with E-state index in [1.807, 2.05) is 29.6 Å². The summed E-state index contributed by atoms with van der Waals surface area (Å²) in [5, 5.41) is 48.2. The number of aromatic amines is 1. The number of thiophene rings is 2. The van der Waals surface area contributed by atoms with Gasteiger partial charge < -0.3 is 35.3 Å². The molecule has 0 amide bonds. The van der Waals surface area contributed by atoms with Gasteiger partial charge in [0.25, 0.3) is 0 Å². The Kier molecular flexibility index (Phi) is 11.7. The van der Waals surface area contributed by atoms with Crippen LogP contribution in [0.15, 0.2) is 52.6 Å². The van der Waals surface area contributed by atoms with Crippen LogP contribution in [0.2, 0.25) is 0 Å². The van der Waals surface area contributed by atoms with E-state index in [2.05, 4.69) is 76.2 Å². The Morgan fingerprint density at radius 1 is 1.08 bits per heavy atom. The predicted molar refractivity (Wildman–Crippen MR) is 230 cm³/mol. The summed E-state index contributed by atoms with van der Waals surface area (Å²) >= 11 is 2.84. The molecule has 0 saturated heterocycles. The smallest absolute Gasteiger partial charge is 0.349 e. The molecule has 6 aromatic rings. The summed E-state index contributed by atoms with van der Waals surface area (Å²) in [7, 11) is 2.17. The quantitative estimate of drug-likeness (QED) is 0.0773. The maximum atomic E-state index is 13.8. The van der Waals surface area contributed by atoms with Crippen LogP contribution in [0.4, 0.5) is 0 Å². The zero-order valence-corrected chi connectivity index (χ0v) is 35.6. The number of nitrogens with zero attached hydrogens (tertiary/aromatic N) is 4. The second-order valence-electron chi connectivity index (χ2n) is 17.1. The van der Waals surface area contributed by atoms with E-state index in [-0.39, 0.29) is 34.9 Å². The van der Waals surface area contributed by atoms with Crippen molar-refractivity contribution < 1.29 is 24.9 Å². The van der Waals surface area contributed by atoms with Gasteiger partial charge in [0, 0.05) is 47.6 Å². The molecule has 2 aliphatic rings. The number of aryl methyl sites for hydroxylation is 2. The van der Waals surface area contributed by atoms with E-state index in [0.29, 0.717) is 33.3 Å². The molecule has 59 heavy (non-hydrogen) atoms. The second kappa shape index (κ2) is 16.8. The van der Waals surface area contributed by atoms with Crippen LogP contribution in [0, 0.1) is 12.1 Å². The summed E-state index contributed by atoms with van der Waals surface area (Å²) in [6.45, 7) is 8.84. The lowest BCUT2D eigenvalue weighted by Crippen LogP contribution is -2.42. The lowest BCUT2D eigenvalue weighted by molar-refractivity contribution is -0.169. The van der Waals surface area contributed by atoms with Crippen molar-refractivity contribution in [1.82, 2.24) is 30.2 Å². The summed E-state index contributed by atoms with van der Waals surface area (Å²) in [6, 6.07) is 18.4. The van der Waals surface area contributed by atoms with E-state index in [1.165, 1.54) is 39.9 Å². The molecule has 1 fully saturated rings. The summed E-state index contributed by atoms with van der Waals surface area (Å²) in [5.74, 6) is -0.805. The van der Waals surface area contributed by atoms with Crippen molar-refractivity contribution in [1.29, 1.82) is 0 Å². The number of aromatic hydroxyl groups is 1. The highest BCUT2D eigenvalue weighted by Gasteiger charge is 2.46. The molecule has 0 unspecified atom stereocenters. The summed E-state index contributed by atoms with van der Waals surface area (Å²) < 4.78 is 8.16. The van der Waals surface area contributed by atoms with Crippen LogP contribution >= 0.6 is 22.7 Å². The highest BCUT2D eigenvalue weighted by Crippen LogP contribution is 2.42. The van der Waals surface area contributed by atoms with Gasteiger partial charge in [0.2, 0.25) is 11.2 Å². The third-order valence-electron chi connectivity index (χ3n) is 12.0. The van der Waals surface area contributed by atoms with E-state index in [4.69, 9.17) is 4.74 Å². The minimum atomic E-state index is -1.82. The summed E-state index contributed by atoms with van der Waals surface area (Å²) in [5.41, 5.74) is 4.19. The number of aliphatic hydroxyl groups is 2. The molecule has 0 aliphatic heterocycles. The number of carbonyl (C=O) groups excluding carboxylic acids is 1. The van der Waals surface area contributed by atoms with Gasteiger partial charge in [-0.05, 0) is 129 Å². The first-order valence-corrected chi connectivity index (χ1v) is 22.2. The Bertz CT molecular complexity index is 2500. The average Bonchev–Trinajstić information content (AvgIpc) is 4.05. The average molecular weight is 837 g/mol. The normalized spacial score (nSPS) is 18.6. The maximum absolute atomic E-state index is 13.8. The van der Waals surface area contributed by atoms with Gasteiger partial charge in [-0.15, -0.1) is 27.8 Å². The van der Waals surface area contributed by atoms with Crippen molar-refractivity contribution in [3.63, 3.8) is 0 Å². The molecule has 0 spiro atoms. The number of carbonyl (C=O) groups is 1. The number of aromatic nitrogens is 4. The Morgan fingerprint density at radius 3 is 2.61 bits per heavy atom. The first kappa shape index (κ1) is 41.1. The molecule has 2 atom stereocenters. The van der Waals surface area contributed by atoms with Gasteiger partial charge in [0.1, 0.15) is 17.1 Å².